The molecule has 0 unspecified atom stereocenters. The molecule has 3 aromatic rings. The Kier molecular flexibility index (Phi) is 16.0. The molecule has 3 aromatic carbocycles. The van der Waals surface area contributed by atoms with Crippen LogP contribution >= 0.6 is 0 Å². The largest absolute Gasteiger partial charge is 0.507 e. The number of rotatable bonds is 15. The van der Waals surface area contributed by atoms with Crippen LogP contribution in [0, 0.1) is 18.3 Å². The summed E-state index contributed by atoms with van der Waals surface area (Å²) in [5.41, 5.74) is 15.2. The van der Waals surface area contributed by atoms with Gasteiger partial charge >= 0.3 is 0 Å². The molecule has 1 heterocycles. The summed E-state index contributed by atoms with van der Waals surface area (Å²) < 4.78 is 0. The van der Waals surface area contributed by atoms with Gasteiger partial charge in [-0.25, -0.2) is 0 Å². The van der Waals surface area contributed by atoms with Crippen LogP contribution in [-0.4, -0.2) is 89.0 Å². The second-order valence-corrected chi connectivity index (χ2v) is 14.3. The molecule has 10 N–H and O–H groups in total. The number of carbonyl (C=O) groups is 5. The predicted molar refractivity (Wildman–Crippen MR) is 215 cm³/mol. The Morgan fingerprint density at radius 3 is 2.33 bits per heavy atom. The molecule has 57 heavy (non-hydrogen) atoms. The Labute approximate surface area is 333 Å². The van der Waals surface area contributed by atoms with Gasteiger partial charge in [-0.3, -0.25) is 24.0 Å². The highest BCUT2D eigenvalue weighted by atomic mass is 16.3. The Bertz CT molecular complexity index is 1980. The number of aryl methyl sites for hydroxylation is 2. The van der Waals surface area contributed by atoms with Crippen molar-refractivity contribution in [3.05, 3.63) is 82.4 Å². The summed E-state index contributed by atoms with van der Waals surface area (Å²) in [6.45, 7) is 4.83. The second kappa shape index (κ2) is 20.8. The maximum absolute atomic E-state index is 14.6. The highest BCUT2D eigenvalue weighted by Gasteiger charge is 2.37. The number of aromatic hydroxyl groups is 2. The third kappa shape index (κ3) is 11.3. The van der Waals surface area contributed by atoms with Crippen molar-refractivity contribution in [3.63, 3.8) is 0 Å². The summed E-state index contributed by atoms with van der Waals surface area (Å²) in [7, 11) is 0. The Balaban J connectivity index is 1.76. The molecule has 15 heteroatoms. The third-order valence-corrected chi connectivity index (χ3v) is 9.98. The molecule has 15 nitrogen and oxygen atoms in total. The van der Waals surface area contributed by atoms with Crippen molar-refractivity contribution in [2.24, 2.45) is 11.5 Å². The first-order chi connectivity index (χ1) is 27.3. The zero-order valence-electron chi connectivity index (χ0n) is 32.8. The number of unbranched alkanes of at least 4 members (excludes halogenated alkanes) is 3. The minimum Gasteiger partial charge on any atom is -0.507 e. The van der Waals surface area contributed by atoms with Crippen LogP contribution in [0.2, 0.25) is 0 Å². The highest BCUT2D eigenvalue weighted by molar-refractivity contribution is 6.00. The average Bonchev–Trinajstić information content (AvgIpc) is 3.18. The van der Waals surface area contributed by atoms with Crippen molar-refractivity contribution in [1.29, 1.82) is 5.26 Å². The first-order valence-corrected chi connectivity index (χ1v) is 19.3. The lowest BCUT2D eigenvalue weighted by Crippen LogP contribution is -2.57. The molecule has 4 atom stereocenters. The average molecular weight is 783 g/mol. The third-order valence-electron chi connectivity index (χ3n) is 9.98. The summed E-state index contributed by atoms with van der Waals surface area (Å²) in [4.78, 5) is 70.6. The molecule has 0 aromatic heterocycles. The number of phenols is 2. The number of hydrogen-bond donors (Lipinski definition) is 8. The van der Waals surface area contributed by atoms with Gasteiger partial charge < -0.3 is 47.8 Å². The van der Waals surface area contributed by atoms with Gasteiger partial charge in [-0.15, -0.1) is 0 Å². The first-order valence-electron chi connectivity index (χ1n) is 19.3. The van der Waals surface area contributed by atoms with Crippen LogP contribution in [0.5, 0.6) is 11.5 Å². The van der Waals surface area contributed by atoms with Crippen molar-refractivity contribution in [2.45, 2.75) is 89.9 Å². The second-order valence-electron chi connectivity index (χ2n) is 14.3. The normalized spacial score (nSPS) is 17.2. The number of nitrogens with one attached hydrogen (secondary N) is 4. The van der Waals surface area contributed by atoms with E-state index in [0.717, 1.165) is 43.2 Å². The van der Waals surface area contributed by atoms with Gasteiger partial charge in [-0.2, -0.15) is 5.26 Å². The van der Waals surface area contributed by atoms with E-state index in [0.29, 0.717) is 11.1 Å². The van der Waals surface area contributed by atoms with E-state index in [1.54, 1.807) is 12.1 Å². The number of nitrogens with two attached hydrogens (primary N) is 2. The Morgan fingerprint density at radius 2 is 1.67 bits per heavy atom. The molecule has 1 aliphatic rings. The van der Waals surface area contributed by atoms with Gasteiger partial charge in [0.15, 0.2) is 0 Å². The van der Waals surface area contributed by atoms with Crippen LogP contribution in [-0.2, 0) is 32.0 Å². The lowest BCUT2D eigenvalue weighted by atomic mass is 9.93. The molecule has 0 saturated heterocycles. The van der Waals surface area contributed by atoms with Crippen LogP contribution in [0.3, 0.4) is 0 Å². The zero-order chi connectivity index (χ0) is 41.6. The first kappa shape index (κ1) is 43.7. The number of fused-ring (bicyclic) bond motifs is 5. The molecule has 5 amide bonds. The van der Waals surface area contributed by atoms with E-state index in [-0.39, 0.29) is 67.2 Å². The smallest absolute Gasteiger partial charge is 0.252 e. The van der Waals surface area contributed by atoms with E-state index in [4.69, 9.17) is 16.7 Å². The van der Waals surface area contributed by atoms with E-state index in [2.05, 4.69) is 28.2 Å². The van der Waals surface area contributed by atoms with E-state index in [1.165, 1.54) is 42.2 Å². The zero-order valence-corrected chi connectivity index (χ0v) is 32.8. The summed E-state index contributed by atoms with van der Waals surface area (Å²) in [5.74, 6) is -3.85. The highest BCUT2D eigenvalue weighted by Crippen LogP contribution is 2.39. The molecule has 4 rings (SSSR count). The maximum Gasteiger partial charge on any atom is 0.252 e. The van der Waals surface area contributed by atoms with Gasteiger partial charge in [-0.05, 0) is 92.2 Å². The van der Waals surface area contributed by atoms with Crippen LogP contribution in [0.25, 0.3) is 11.1 Å². The molecule has 0 fully saturated rings. The molecule has 0 saturated carbocycles. The van der Waals surface area contributed by atoms with Crippen molar-refractivity contribution in [1.82, 2.24) is 26.2 Å². The van der Waals surface area contributed by atoms with Gasteiger partial charge in [-0.1, -0.05) is 50.5 Å². The van der Waals surface area contributed by atoms with Crippen LogP contribution in [0.4, 0.5) is 0 Å². The Hall–Kier alpha value is -5.98. The summed E-state index contributed by atoms with van der Waals surface area (Å²) in [5, 5.41) is 41.6. The predicted octanol–water partition coefficient (Wildman–Crippen LogP) is 2.36. The number of benzene rings is 3. The SMILES string of the molecule is CCCCCCc1ccc(C(=O)N[C@@H](CCN)C(=O)N(CCN)[C@@H]2C(=O)N[C@@H](C)C(=O)N[C@H](C(=O)NCC#N)Cc3ccc(O)c(c3)-c3cc2ccc3O)c(C)c1. The van der Waals surface area contributed by atoms with Crippen molar-refractivity contribution >= 4 is 29.5 Å². The van der Waals surface area contributed by atoms with Crippen LogP contribution in [0.1, 0.15) is 84.6 Å². The number of nitriles is 1. The van der Waals surface area contributed by atoms with E-state index in [1.807, 2.05) is 25.1 Å². The quantitative estimate of drug-likeness (QED) is 0.0825. The molecule has 304 valence electrons. The molecule has 1 aliphatic heterocycles. The topological polar surface area (TPSA) is 253 Å². The van der Waals surface area contributed by atoms with Crippen molar-refractivity contribution in [3.8, 4) is 28.7 Å². The van der Waals surface area contributed by atoms with E-state index < -0.39 is 53.7 Å². The van der Waals surface area contributed by atoms with Gasteiger partial charge in [0.25, 0.3) is 5.91 Å². The summed E-state index contributed by atoms with van der Waals surface area (Å²) >= 11 is 0. The lowest BCUT2D eigenvalue weighted by molar-refractivity contribution is -0.143. The molecular formula is C42H54N8O7. The fourth-order valence-electron chi connectivity index (χ4n) is 6.95. The molecule has 0 aliphatic carbocycles. The number of phenolic OH excluding ortho intramolecular Hbond substituents is 2. The van der Waals surface area contributed by atoms with Crippen molar-refractivity contribution in [2.75, 3.05) is 26.2 Å². The minimum atomic E-state index is -1.47. The number of hydrogen-bond acceptors (Lipinski definition) is 10. The van der Waals surface area contributed by atoms with Gasteiger partial charge in [0, 0.05) is 36.2 Å². The minimum absolute atomic E-state index is 0.0129. The van der Waals surface area contributed by atoms with Crippen LogP contribution in [0.15, 0.2) is 54.6 Å². The molecule has 0 spiro atoms. The standard InChI is InChI=1S/C42H54N8O7/c1-4-5-6-7-8-27-9-12-30(25(2)21-27)39(54)48-33(15-16-43)42(57)50(20-18-45)37-29-11-14-36(52)32(24-29)31-22-28(10-13-35(31)51)23-34(40(55)46-19-17-44)49-38(53)26(3)47-41(37)56/h9-14,21-22,24,26,33-34,37,51-52H,4-8,15-16,18-20,23,43,45H2,1-3H3,(H,46,55)(H,47,56)(H,48,54)(H,49,53)/t26-,33-,34-,37-/m0/s1. The maximum atomic E-state index is 14.6. The van der Waals surface area contributed by atoms with Gasteiger partial charge in [0.1, 0.15) is 42.2 Å². The van der Waals surface area contributed by atoms with E-state index in [9.17, 15) is 34.2 Å². The van der Waals surface area contributed by atoms with Crippen molar-refractivity contribution < 1.29 is 34.2 Å². The lowest BCUT2D eigenvalue weighted by Gasteiger charge is -2.35. The fourth-order valence-corrected chi connectivity index (χ4v) is 6.95. The monoisotopic (exact) mass is 782 g/mol. The summed E-state index contributed by atoms with van der Waals surface area (Å²) in [6.07, 6.45) is 5.29. The number of carbonyl (C=O) groups excluding carboxylic acids is 5. The molecule has 4 bridgehead atoms. The molecule has 0 radical (unpaired) electrons. The van der Waals surface area contributed by atoms with Gasteiger partial charge in [0.05, 0.1) is 6.07 Å². The number of nitrogens with zero attached hydrogens (tertiary/aromatic N) is 2. The van der Waals surface area contributed by atoms with E-state index >= 15 is 0 Å². The van der Waals surface area contributed by atoms with Crippen LogP contribution < -0.4 is 32.7 Å². The molecular weight excluding hydrogens is 729 g/mol. The summed E-state index contributed by atoms with van der Waals surface area (Å²) in [6, 6.07) is 11.0. The Morgan fingerprint density at radius 1 is 0.947 bits per heavy atom. The van der Waals surface area contributed by atoms with Gasteiger partial charge in [0.2, 0.25) is 23.6 Å². The number of amides is 5. The fraction of sp³-hybridized carbons (Fsp3) is 0.429.